The summed E-state index contributed by atoms with van der Waals surface area (Å²) in [7, 11) is 0. The van der Waals surface area contributed by atoms with E-state index in [1.807, 2.05) is 19.9 Å². The molecular formula is C14H12Cl2N6S. The summed E-state index contributed by atoms with van der Waals surface area (Å²) in [6.07, 6.45) is 1.60. The van der Waals surface area contributed by atoms with Crippen LogP contribution in [0.5, 0.6) is 0 Å². The first-order valence-electron chi connectivity index (χ1n) is 6.66. The van der Waals surface area contributed by atoms with Crippen molar-refractivity contribution < 1.29 is 0 Å². The lowest BCUT2D eigenvalue weighted by atomic mass is 10.2. The number of hydrogen-bond donors (Lipinski definition) is 1. The second-order valence-electron chi connectivity index (χ2n) is 4.89. The fourth-order valence-corrected chi connectivity index (χ4v) is 2.71. The molecule has 0 saturated carbocycles. The molecule has 0 fully saturated rings. The number of halogens is 2. The molecule has 0 bridgehead atoms. The number of aryl methyl sites for hydroxylation is 2. The van der Waals surface area contributed by atoms with Crippen LogP contribution < -0.4 is 0 Å². The highest BCUT2D eigenvalue weighted by molar-refractivity contribution is 7.71. The zero-order chi connectivity index (χ0) is 16.6. The van der Waals surface area contributed by atoms with Crippen LogP contribution in [0, 0.1) is 18.6 Å². The van der Waals surface area contributed by atoms with Crippen molar-refractivity contribution in [2.45, 2.75) is 13.8 Å². The second-order valence-corrected chi connectivity index (χ2v) is 6.12. The molecule has 0 spiro atoms. The van der Waals surface area contributed by atoms with Crippen LogP contribution in [0.25, 0.3) is 5.95 Å². The summed E-state index contributed by atoms with van der Waals surface area (Å²) in [5.74, 6) is 0.474. The van der Waals surface area contributed by atoms with Gasteiger partial charge in [-0.3, -0.25) is 0 Å². The Kier molecular flexibility index (Phi) is 4.34. The average molecular weight is 367 g/mol. The Morgan fingerprint density at radius 1 is 1.26 bits per heavy atom. The quantitative estimate of drug-likeness (QED) is 0.564. The van der Waals surface area contributed by atoms with Gasteiger partial charge in [-0.2, -0.15) is 14.9 Å². The van der Waals surface area contributed by atoms with Crippen LogP contribution in [-0.4, -0.2) is 30.9 Å². The molecule has 6 nitrogen and oxygen atoms in total. The van der Waals surface area contributed by atoms with E-state index in [1.54, 1.807) is 29.1 Å². The molecule has 3 rings (SSSR count). The maximum Gasteiger partial charge on any atom is 0.271 e. The van der Waals surface area contributed by atoms with Crippen LogP contribution >= 0.6 is 35.4 Å². The largest absolute Gasteiger partial charge is 0.271 e. The first-order valence-corrected chi connectivity index (χ1v) is 7.82. The number of nitrogens with one attached hydrogen (secondary N) is 1. The average Bonchev–Trinajstić information content (AvgIpc) is 3.00. The smallest absolute Gasteiger partial charge is 0.248 e. The van der Waals surface area contributed by atoms with E-state index in [2.05, 4.69) is 20.4 Å². The number of aromatic nitrogens is 5. The molecule has 9 heteroatoms. The minimum absolute atomic E-state index is 0.355. The zero-order valence-corrected chi connectivity index (χ0v) is 14.6. The van der Waals surface area contributed by atoms with Crippen LogP contribution in [0.15, 0.2) is 29.4 Å². The Balaban J connectivity index is 2.04. The van der Waals surface area contributed by atoms with E-state index in [0.29, 0.717) is 20.8 Å². The first-order chi connectivity index (χ1) is 11.0. The van der Waals surface area contributed by atoms with Gasteiger partial charge in [-0.05, 0) is 44.3 Å². The molecule has 0 atom stereocenters. The number of benzene rings is 1. The van der Waals surface area contributed by atoms with Crippen molar-refractivity contribution in [1.29, 1.82) is 0 Å². The van der Waals surface area contributed by atoms with E-state index in [0.717, 1.165) is 17.0 Å². The molecule has 3 aromatic rings. The van der Waals surface area contributed by atoms with E-state index < -0.39 is 0 Å². The molecule has 0 unspecified atom stereocenters. The predicted octanol–water partition coefficient (Wildman–Crippen LogP) is 3.93. The molecule has 1 N–H and O–H groups in total. The van der Waals surface area contributed by atoms with Gasteiger partial charge in [0.1, 0.15) is 0 Å². The molecule has 0 radical (unpaired) electrons. The summed E-state index contributed by atoms with van der Waals surface area (Å²) in [6, 6.07) is 7.12. The lowest BCUT2D eigenvalue weighted by Crippen LogP contribution is -2.07. The van der Waals surface area contributed by atoms with Gasteiger partial charge in [0.25, 0.3) is 5.95 Å². The van der Waals surface area contributed by atoms with Crippen molar-refractivity contribution in [3.63, 3.8) is 0 Å². The molecule has 23 heavy (non-hydrogen) atoms. The van der Waals surface area contributed by atoms with Crippen molar-refractivity contribution in [3.05, 3.63) is 56.0 Å². The molecule has 0 aliphatic heterocycles. The summed E-state index contributed by atoms with van der Waals surface area (Å²) in [5, 5.41) is 16.7. The Hall–Kier alpha value is -1.96. The zero-order valence-electron chi connectivity index (χ0n) is 12.3. The number of H-pyrrole nitrogens is 1. The molecule has 2 heterocycles. The van der Waals surface area contributed by atoms with Crippen LogP contribution in [0.1, 0.15) is 17.0 Å². The summed E-state index contributed by atoms with van der Waals surface area (Å²) < 4.78 is 3.51. The molecule has 118 valence electrons. The van der Waals surface area contributed by atoms with Crippen LogP contribution in [0.3, 0.4) is 0 Å². The first kappa shape index (κ1) is 15.9. The third kappa shape index (κ3) is 3.21. The van der Waals surface area contributed by atoms with Crippen LogP contribution in [-0.2, 0) is 0 Å². The van der Waals surface area contributed by atoms with E-state index in [4.69, 9.17) is 35.4 Å². The minimum Gasteiger partial charge on any atom is -0.248 e. The fraction of sp³-hybridized carbons (Fsp3) is 0.143. The van der Waals surface area contributed by atoms with E-state index in [1.165, 1.54) is 4.68 Å². The Morgan fingerprint density at radius 3 is 2.70 bits per heavy atom. The van der Waals surface area contributed by atoms with Gasteiger partial charge in [-0.1, -0.05) is 29.3 Å². The molecule has 0 amide bonds. The standard InChI is InChI=1S/C14H12Cl2N6S/c1-8-5-9(2)21(20-8)13-18-19-14(23)22(13)17-7-10-3-4-11(15)6-12(10)16/h3-7H,1-2H3,(H,19,23)/b17-7-. The van der Waals surface area contributed by atoms with Gasteiger partial charge in [0, 0.05) is 16.3 Å². The van der Waals surface area contributed by atoms with Crippen molar-refractivity contribution in [1.82, 2.24) is 24.7 Å². The van der Waals surface area contributed by atoms with Crippen LogP contribution in [0.2, 0.25) is 10.0 Å². The number of nitrogens with zero attached hydrogens (tertiary/aromatic N) is 5. The third-order valence-electron chi connectivity index (χ3n) is 3.11. The summed E-state index contributed by atoms with van der Waals surface area (Å²) >= 11 is 17.3. The van der Waals surface area contributed by atoms with Gasteiger partial charge < -0.3 is 0 Å². The third-order valence-corrected chi connectivity index (χ3v) is 3.93. The number of rotatable bonds is 3. The topological polar surface area (TPSA) is 63.8 Å². The summed E-state index contributed by atoms with van der Waals surface area (Å²) in [5.41, 5.74) is 2.53. The lowest BCUT2D eigenvalue weighted by molar-refractivity contribution is 0.714. The monoisotopic (exact) mass is 366 g/mol. The van der Waals surface area contributed by atoms with Gasteiger partial charge in [0.05, 0.1) is 16.9 Å². The fourth-order valence-electron chi connectivity index (χ4n) is 2.08. The maximum atomic E-state index is 6.14. The highest BCUT2D eigenvalue weighted by Gasteiger charge is 2.11. The number of hydrogen-bond acceptors (Lipinski definition) is 4. The van der Waals surface area contributed by atoms with E-state index in [-0.39, 0.29) is 0 Å². The SMILES string of the molecule is Cc1cc(C)n(-c2n[nH]c(=S)n2/N=C\c2ccc(Cl)cc2Cl)n1. The number of aromatic amines is 1. The van der Waals surface area contributed by atoms with Crippen molar-refractivity contribution in [2.24, 2.45) is 5.10 Å². The molecule has 0 saturated heterocycles. The molecule has 2 aromatic heterocycles. The highest BCUT2D eigenvalue weighted by Crippen LogP contribution is 2.19. The van der Waals surface area contributed by atoms with E-state index >= 15 is 0 Å². The van der Waals surface area contributed by atoms with Crippen molar-refractivity contribution in [3.8, 4) is 5.95 Å². The highest BCUT2D eigenvalue weighted by atomic mass is 35.5. The maximum absolute atomic E-state index is 6.14. The van der Waals surface area contributed by atoms with Gasteiger partial charge in [-0.15, -0.1) is 5.10 Å². The van der Waals surface area contributed by atoms with E-state index in [9.17, 15) is 0 Å². The Labute approximate surface area is 147 Å². The molecule has 0 aliphatic carbocycles. The van der Waals surface area contributed by atoms with Crippen molar-refractivity contribution >= 4 is 41.6 Å². The van der Waals surface area contributed by atoms with Gasteiger partial charge in [0.2, 0.25) is 4.77 Å². The second kappa shape index (κ2) is 6.27. The predicted molar refractivity (Wildman–Crippen MR) is 93.5 cm³/mol. The van der Waals surface area contributed by atoms with Crippen LogP contribution in [0.4, 0.5) is 0 Å². The van der Waals surface area contributed by atoms with Gasteiger partial charge in [0.15, 0.2) is 0 Å². The summed E-state index contributed by atoms with van der Waals surface area (Å²) in [6.45, 7) is 3.84. The Bertz CT molecular complexity index is 953. The Morgan fingerprint density at radius 2 is 2.04 bits per heavy atom. The molecule has 0 aliphatic rings. The minimum atomic E-state index is 0.355. The lowest BCUT2D eigenvalue weighted by Gasteiger charge is -2.03. The van der Waals surface area contributed by atoms with Crippen molar-refractivity contribution in [2.75, 3.05) is 0 Å². The van der Waals surface area contributed by atoms with Gasteiger partial charge in [-0.25, -0.2) is 9.78 Å². The normalized spacial score (nSPS) is 11.5. The molecule has 1 aromatic carbocycles. The molecular weight excluding hydrogens is 355 g/mol. The summed E-state index contributed by atoms with van der Waals surface area (Å²) in [4.78, 5) is 0. The van der Waals surface area contributed by atoms with Gasteiger partial charge >= 0.3 is 0 Å².